The zero-order valence-corrected chi connectivity index (χ0v) is 10.8. The van der Waals surface area contributed by atoms with Crippen LogP contribution in [0.5, 0.6) is 0 Å². The summed E-state index contributed by atoms with van der Waals surface area (Å²) in [5, 5.41) is 9.20. The number of aryl methyl sites for hydroxylation is 1. The largest absolute Gasteiger partial charge is 0.353 e. The highest BCUT2D eigenvalue weighted by molar-refractivity contribution is 5.54. The topological polar surface area (TPSA) is 43.2 Å². The normalized spacial score (nSPS) is 23.8. The average molecular weight is 242 g/mol. The summed E-state index contributed by atoms with van der Waals surface area (Å²) in [6.45, 7) is 6.33. The third kappa shape index (κ3) is 1.95. The standard InChI is InChI=1S/C14H18N4/c1-11-4-5-12(9-15)14(16-11)18-8-7-17-6-2-3-13(17)10-18/h4-5,13H,2-3,6-8,10H2,1H3. The van der Waals surface area contributed by atoms with Crippen molar-refractivity contribution < 1.29 is 0 Å². The molecule has 3 heterocycles. The van der Waals surface area contributed by atoms with E-state index in [0.717, 1.165) is 31.1 Å². The van der Waals surface area contributed by atoms with Gasteiger partial charge >= 0.3 is 0 Å². The molecule has 0 radical (unpaired) electrons. The molecule has 94 valence electrons. The number of anilines is 1. The van der Waals surface area contributed by atoms with E-state index in [2.05, 4.69) is 20.9 Å². The van der Waals surface area contributed by atoms with Crippen LogP contribution < -0.4 is 4.90 Å². The SMILES string of the molecule is Cc1ccc(C#N)c(N2CCN3CCCC3C2)n1. The van der Waals surface area contributed by atoms with Gasteiger partial charge in [-0.1, -0.05) is 0 Å². The lowest BCUT2D eigenvalue weighted by Gasteiger charge is -2.38. The van der Waals surface area contributed by atoms with E-state index < -0.39 is 0 Å². The van der Waals surface area contributed by atoms with Crippen molar-refractivity contribution in [3.63, 3.8) is 0 Å². The summed E-state index contributed by atoms with van der Waals surface area (Å²) in [6, 6.07) is 6.72. The Bertz CT molecular complexity index is 491. The van der Waals surface area contributed by atoms with Crippen molar-refractivity contribution in [2.24, 2.45) is 0 Å². The first kappa shape index (κ1) is 11.5. The minimum absolute atomic E-state index is 0.660. The monoisotopic (exact) mass is 242 g/mol. The van der Waals surface area contributed by atoms with Crippen LogP contribution in [0.25, 0.3) is 0 Å². The fourth-order valence-electron chi connectivity index (χ4n) is 3.05. The van der Waals surface area contributed by atoms with Crippen LogP contribution in [0.15, 0.2) is 12.1 Å². The molecule has 2 aliphatic rings. The van der Waals surface area contributed by atoms with Crippen LogP contribution in [0.2, 0.25) is 0 Å². The Kier molecular flexibility index (Phi) is 2.92. The highest BCUT2D eigenvalue weighted by atomic mass is 15.3. The maximum atomic E-state index is 9.20. The van der Waals surface area contributed by atoms with Crippen LogP contribution in [-0.2, 0) is 0 Å². The molecule has 4 heteroatoms. The molecular formula is C14H18N4. The molecule has 3 rings (SSSR count). The van der Waals surface area contributed by atoms with E-state index in [0.29, 0.717) is 11.6 Å². The Morgan fingerprint density at radius 1 is 1.33 bits per heavy atom. The number of hydrogen-bond acceptors (Lipinski definition) is 4. The van der Waals surface area contributed by atoms with Gasteiger partial charge in [-0.15, -0.1) is 0 Å². The van der Waals surface area contributed by atoms with Crippen LogP contribution in [0.1, 0.15) is 24.1 Å². The predicted octanol–water partition coefficient (Wildman–Crippen LogP) is 1.55. The molecule has 1 atom stereocenters. The molecule has 2 saturated heterocycles. The number of pyridine rings is 1. The highest BCUT2D eigenvalue weighted by Gasteiger charge is 2.31. The van der Waals surface area contributed by atoms with Crippen LogP contribution >= 0.6 is 0 Å². The van der Waals surface area contributed by atoms with Crippen LogP contribution in [0, 0.1) is 18.3 Å². The maximum absolute atomic E-state index is 9.20. The van der Waals surface area contributed by atoms with Gasteiger partial charge in [0.25, 0.3) is 0 Å². The Hall–Kier alpha value is -1.60. The third-order valence-corrected chi connectivity index (χ3v) is 4.02. The summed E-state index contributed by atoms with van der Waals surface area (Å²) < 4.78 is 0. The van der Waals surface area contributed by atoms with E-state index in [-0.39, 0.29) is 0 Å². The first-order valence-electron chi connectivity index (χ1n) is 6.64. The van der Waals surface area contributed by atoms with Gasteiger partial charge in [0.2, 0.25) is 0 Å². The molecule has 2 fully saturated rings. The number of rotatable bonds is 1. The molecule has 0 aliphatic carbocycles. The number of nitrogens with zero attached hydrogens (tertiary/aromatic N) is 4. The predicted molar refractivity (Wildman–Crippen MR) is 70.5 cm³/mol. The van der Waals surface area contributed by atoms with Crippen molar-refractivity contribution in [1.29, 1.82) is 5.26 Å². The van der Waals surface area contributed by atoms with E-state index in [1.807, 2.05) is 19.1 Å². The molecule has 18 heavy (non-hydrogen) atoms. The second kappa shape index (κ2) is 4.58. The minimum Gasteiger partial charge on any atom is -0.353 e. The molecule has 1 unspecified atom stereocenters. The molecular weight excluding hydrogens is 224 g/mol. The van der Waals surface area contributed by atoms with Gasteiger partial charge in [-0.25, -0.2) is 4.98 Å². The molecule has 0 saturated carbocycles. The van der Waals surface area contributed by atoms with E-state index in [9.17, 15) is 5.26 Å². The molecule has 4 nitrogen and oxygen atoms in total. The van der Waals surface area contributed by atoms with E-state index in [1.165, 1.54) is 19.4 Å². The summed E-state index contributed by atoms with van der Waals surface area (Å²) in [5.74, 6) is 0.879. The summed E-state index contributed by atoms with van der Waals surface area (Å²) >= 11 is 0. The van der Waals surface area contributed by atoms with Crippen LogP contribution in [0.4, 0.5) is 5.82 Å². The Balaban J connectivity index is 1.87. The van der Waals surface area contributed by atoms with Crippen molar-refractivity contribution in [3.8, 4) is 6.07 Å². The van der Waals surface area contributed by atoms with Gasteiger partial charge in [0.05, 0.1) is 5.56 Å². The highest BCUT2D eigenvalue weighted by Crippen LogP contribution is 2.26. The fraction of sp³-hybridized carbons (Fsp3) is 0.571. The summed E-state index contributed by atoms with van der Waals surface area (Å²) in [4.78, 5) is 9.42. The van der Waals surface area contributed by atoms with Crippen molar-refractivity contribution >= 4 is 5.82 Å². The Morgan fingerprint density at radius 2 is 2.22 bits per heavy atom. The van der Waals surface area contributed by atoms with Gasteiger partial charge in [0, 0.05) is 31.4 Å². The Morgan fingerprint density at radius 3 is 3.06 bits per heavy atom. The summed E-state index contributed by atoms with van der Waals surface area (Å²) in [5.41, 5.74) is 1.69. The molecule has 0 N–H and O–H groups in total. The molecule has 1 aromatic heterocycles. The number of hydrogen-bond donors (Lipinski definition) is 0. The van der Waals surface area contributed by atoms with Crippen LogP contribution in [0.3, 0.4) is 0 Å². The molecule has 0 spiro atoms. The van der Waals surface area contributed by atoms with Gasteiger partial charge in [0.1, 0.15) is 11.9 Å². The van der Waals surface area contributed by atoms with Crippen LogP contribution in [-0.4, -0.2) is 42.1 Å². The van der Waals surface area contributed by atoms with Gasteiger partial charge in [-0.05, 0) is 38.4 Å². The summed E-state index contributed by atoms with van der Waals surface area (Å²) in [6.07, 6.45) is 2.59. The molecule has 2 aliphatic heterocycles. The van der Waals surface area contributed by atoms with Gasteiger partial charge < -0.3 is 4.90 Å². The average Bonchev–Trinajstić information content (AvgIpc) is 2.85. The lowest BCUT2D eigenvalue weighted by atomic mass is 10.1. The van der Waals surface area contributed by atoms with Gasteiger partial charge in [0.15, 0.2) is 0 Å². The third-order valence-electron chi connectivity index (χ3n) is 4.02. The first-order valence-corrected chi connectivity index (χ1v) is 6.64. The lowest BCUT2D eigenvalue weighted by Crippen LogP contribution is -2.50. The van der Waals surface area contributed by atoms with E-state index in [4.69, 9.17) is 0 Å². The smallest absolute Gasteiger partial charge is 0.146 e. The maximum Gasteiger partial charge on any atom is 0.146 e. The zero-order chi connectivity index (χ0) is 12.5. The van der Waals surface area contributed by atoms with Gasteiger partial charge in [-0.3, -0.25) is 4.90 Å². The molecule has 0 bridgehead atoms. The summed E-state index contributed by atoms with van der Waals surface area (Å²) in [7, 11) is 0. The Labute approximate surface area is 108 Å². The number of piperazine rings is 1. The minimum atomic E-state index is 0.660. The zero-order valence-electron chi connectivity index (χ0n) is 10.8. The molecule has 0 amide bonds. The quantitative estimate of drug-likeness (QED) is 0.749. The van der Waals surface area contributed by atoms with Crippen molar-refractivity contribution in [3.05, 3.63) is 23.4 Å². The molecule has 1 aromatic rings. The second-order valence-electron chi connectivity index (χ2n) is 5.21. The second-order valence-corrected chi connectivity index (χ2v) is 5.21. The fourth-order valence-corrected chi connectivity index (χ4v) is 3.05. The van der Waals surface area contributed by atoms with E-state index >= 15 is 0 Å². The number of nitriles is 1. The first-order chi connectivity index (χ1) is 8.78. The van der Waals surface area contributed by atoms with Crippen molar-refractivity contribution in [2.45, 2.75) is 25.8 Å². The molecule has 0 aromatic carbocycles. The lowest BCUT2D eigenvalue weighted by molar-refractivity contribution is 0.230. The van der Waals surface area contributed by atoms with Crippen molar-refractivity contribution in [1.82, 2.24) is 9.88 Å². The number of fused-ring (bicyclic) bond motifs is 1. The number of aromatic nitrogens is 1. The van der Waals surface area contributed by atoms with E-state index in [1.54, 1.807) is 0 Å². The van der Waals surface area contributed by atoms with Crippen molar-refractivity contribution in [2.75, 3.05) is 31.1 Å². The van der Waals surface area contributed by atoms with Gasteiger partial charge in [-0.2, -0.15) is 5.26 Å².